The van der Waals surface area contributed by atoms with Crippen LogP contribution in [0.1, 0.15) is 17.4 Å². The molecule has 2 heterocycles. The first-order valence-electron chi connectivity index (χ1n) is 6.34. The number of halogens is 1. The maximum atomic E-state index is 13.1. The lowest BCUT2D eigenvalue weighted by molar-refractivity contribution is 0.176. The van der Waals surface area contributed by atoms with Gasteiger partial charge in [-0.05, 0) is 12.1 Å². The Morgan fingerprint density at radius 2 is 2.10 bits per heavy atom. The van der Waals surface area contributed by atoms with Crippen LogP contribution in [0.25, 0.3) is 10.9 Å². The van der Waals surface area contributed by atoms with E-state index in [9.17, 15) is 9.50 Å². The summed E-state index contributed by atoms with van der Waals surface area (Å²) in [5.74, 6) is -0.451. The molecule has 20 heavy (non-hydrogen) atoms. The molecule has 0 saturated carbocycles. The Morgan fingerprint density at radius 1 is 1.30 bits per heavy atom. The van der Waals surface area contributed by atoms with Gasteiger partial charge in [-0.1, -0.05) is 18.2 Å². The van der Waals surface area contributed by atoms with Gasteiger partial charge in [-0.2, -0.15) is 5.10 Å². The van der Waals surface area contributed by atoms with E-state index in [1.807, 2.05) is 31.3 Å². The number of aliphatic hydroxyl groups excluding tert-OH is 1. The van der Waals surface area contributed by atoms with E-state index in [2.05, 4.69) is 10.1 Å². The number of pyridine rings is 1. The molecule has 0 radical (unpaired) electrons. The van der Waals surface area contributed by atoms with Gasteiger partial charge in [0.15, 0.2) is 0 Å². The highest BCUT2D eigenvalue weighted by atomic mass is 19.1. The summed E-state index contributed by atoms with van der Waals surface area (Å²) in [6.07, 6.45) is 2.09. The van der Waals surface area contributed by atoms with Gasteiger partial charge in [0.1, 0.15) is 5.82 Å². The van der Waals surface area contributed by atoms with Gasteiger partial charge in [0.25, 0.3) is 0 Å². The molecule has 1 atom stereocenters. The van der Waals surface area contributed by atoms with Crippen molar-refractivity contribution in [3.8, 4) is 0 Å². The second-order valence-electron chi connectivity index (χ2n) is 4.74. The van der Waals surface area contributed by atoms with Crippen molar-refractivity contribution in [1.82, 2.24) is 14.8 Å². The second kappa shape index (κ2) is 5.02. The number of benzene rings is 1. The number of hydrogen-bond donors (Lipinski definition) is 1. The number of aryl methyl sites for hydroxylation is 1. The third kappa shape index (κ3) is 2.28. The van der Waals surface area contributed by atoms with E-state index in [4.69, 9.17) is 0 Å². The number of fused-ring (bicyclic) bond motifs is 1. The number of para-hydroxylation sites is 1. The monoisotopic (exact) mass is 271 g/mol. The van der Waals surface area contributed by atoms with Crippen molar-refractivity contribution < 1.29 is 9.50 Å². The highest BCUT2D eigenvalue weighted by Crippen LogP contribution is 2.23. The Bertz CT molecular complexity index is 754. The lowest BCUT2D eigenvalue weighted by atomic mass is 10.0. The predicted octanol–water partition coefficient (Wildman–Crippen LogP) is 2.38. The zero-order chi connectivity index (χ0) is 14.1. The van der Waals surface area contributed by atoms with Gasteiger partial charge in [-0.3, -0.25) is 9.67 Å². The maximum Gasteiger partial charge on any atom is 0.141 e. The molecule has 0 spiro atoms. The molecule has 0 saturated heterocycles. The molecule has 5 heteroatoms. The lowest BCUT2D eigenvalue weighted by Gasteiger charge is -2.09. The Kier molecular flexibility index (Phi) is 3.20. The topological polar surface area (TPSA) is 50.9 Å². The average molecular weight is 271 g/mol. The first-order valence-corrected chi connectivity index (χ1v) is 6.34. The van der Waals surface area contributed by atoms with Crippen LogP contribution < -0.4 is 0 Å². The van der Waals surface area contributed by atoms with Crippen LogP contribution in [0.5, 0.6) is 0 Å². The van der Waals surface area contributed by atoms with Crippen LogP contribution in [0.3, 0.4) is 0 Å². The van der Waals surface area contributed by atoms with Crippen molar-refractivity contribution in [3.05, 3.63) is 59.8 Å². The van der Waals surface area contributed by atoms with E-state index in [0.717, 1.165) is 22.8 Å². The SMILES string of the molecule is Cn1nc(CC(O)c2cncc(F)c2)c2ccccc21. The normalized spacial score (nSPS) is 12.8. The van der Waals surface area contributed by atoms with Crippen LogP contribution in [0.4, 0.5) is 4.39 Å². The van der Waals surface area contributed by atoms with Crippen LogP contribution in [0.2, 0.25) is 0 Å². The van der Waals surface area contributed by atoms with Crippen molar-refractivity contribution in [2.24, 2.45) is 7.05 Å². The molecular formula is C15H14FN3O. The Labute approximate surface area is 115 Å². The summed E-state index contributed by atoms with van der Waals surface area (Å²) >= 11 is 0. The summed E-state index contributed by atoms with van der Waals surface area (Å²) in [6.45, 7) is 0. The van der Waals surface area contributed by atoms with E-state index < -0.39 is 11.9 Å². The predicted molar refractivity (Wildman–Crippen MR) is 73.6 cm³/mol. The minimum Gasteiger partial charge on any atom is -0.388 e. The molecule has 0 aliphatic carbocycles. The zero-order valence-corrected chi connectivity index (χ0v) is 11.0. The second-order valence-corrected chi connectivity index (χ2v) is 4.74. The molecule has 2 aromatic heterocycles. The molecule has 0 aliphatic rings. The van der Waals surface area contributed by atoms with Crippen LogP contribution in [0, 0.1) is 5.82 Å². The first-order chi connectivity index (χ1) is 9.65. The zero-order valence-electron chi connectivity index (χ0n) is 11.0. The molecule has 0 aliphatic heterocycles. The van der Waals surface area contributed by atoms with Gasteiger partial charge in [0.2, 0.25) is 0 Å². The van der Waals surface area contributed by atoms with E-state index in [-0.39, 0.29) is 0 Å². The largest absolute Gasteiger partial charge is 0.388 e. The van der Waals surface area contributed by atoms with Crippen LogP contribution in [0.15, 0.2) is 42.7 Å². The van der Waals surface area contributed by atoms with Gasteiger partial charge in [-0.25, -0.2) is 4.39 Å². The van der Waals surface area contributed by atoms with Gasteiger partial charge in [0, 0.05) is 30.6 Å². The number of nitrogens with zero attached hydrogens (tertiary/aromatic N) is 3. The van der Waals surface area contributed by atoms with Gasteiger partial charge in [0.05, 0.1) is 23.5 Å². The number of hydrogen-bond acceptors (Lipinski definition) is 3. The molecule has 1 aromatic carbocycles. The maximum absolute atomic E-state index is 13.1. The molecule has 3 aromatic rings. The van der Waals surface area contributed by atoms with Crippen LogP contribution in [-0.2, 0) is 13.5 Å². The quantitative estimate of drug-likeness (QED) is 0.795. The third-order valence-electron chi connectivity index (χ3n) is 3.33. The smallest absolute Gasteiger partial charge is 0.141 e. The summed E-state index contributed by atoms with van der Waals surface area (Å²) in [6, 6.07) is 9.11. The van der Waals surface area contributed by atoms with Crippen molar-refractivity contribution in [3.63, 3.8) is 0 Å². The fourth-order valence-corrected chi connectivity index (χ4v) is 2.35. The van der Waals surface area contributed by atoms with Crippen molar-refractivity contribution in [2.45, 2.75) is 12.5 Å². The molecule has 0 fully saturated rings. The Balaban J connectivity index is 1.93. The summed E-state index contributed by atoms with van der Waals surface area (Å²) < 4.78 is 14.9. The molecular weight excluding hydrogens is 257 g/mol. The van der Waals surface area contributed by atoms with Crippen LogP contribution >= 0.6 is 0 Å². The summed E-state index contributed by atoms with van der Waals surface area (Å²) in [4.78, 5) is 3.75. The molecule has 1 N–H and O–H groups in total. The minimum atomic E-state index is -0.823. The number of aromatic nitrogens is 3. The molecule has 4 nitrogen and oxygen atoms in total. The summed E-state index contributed by atoms with van der Waals surface area (Å²) in [5, 5.41) is 15.6. The highest BCUT2D eigenvalue weighted by molar-refractivity contribution is 5.81. The molecule has 0 bridgehead atoms. The van der Waals surface area contributed by atoms with Crippen molar-refractivity contribution in [2.75, 3.05) is 0 Å². The number of rotatable bonds is 3. The fourth-order valence-electron chi connectivity index (χ4n) is 2.35. The van der Waals surface area contributed by atoms with Gasteiger partial charge < -0.3 is 5.11 Å². The van der Waals surface area contributed by atoms with E-state index in [1.54, 1.807) is 4.68 Å². The molecule has 102 valence electrons. The van der Waals surface area contributed by atoms with Crippen LogP contribution in [-0.4, -0.2) is 19.9 Å². The molecule has 3 rings (SSSR count). The fraction of sp³-hybridized carbons (Fsp3) is 0.200. The summed E-state index contributed by atoms with van der Waals surface area (Å²) in [7, 11) is 1.86. The van der Waals surface area contributed by atoms with Crippen molar-refractivity contribution in [1.29, 1.82) is 0 Å². The summed E-state index contributed by atoms with van der Waals surface area (Å²) in [5.41, 5.74) is 2.26. The molecule has 0 amide bonds. The first kappa shape index (κ1) is 12.7. The van der Waals surface area contributed by atoms with Gasteiger partial charge >= 0.3 is 0 Å². The van der Waals surface area contributed by atoms with E-state index >= 15 is 0 Å². The van der Waals surface area contributed by atoms with Crippen molar-refractivity contribution >= 4 is 10.9 Å². The van der Waals surface area contributed by atoms with Gasteiger partial charge in [-0.15, -0.1) is 0 Å². The Hall–Kier alpha value is -2.27. The minimum absolute atomic E-state index is 0.326. The van der Waals surface area contributed by atoms with E-state index in [0.29, 0.717) is 12.0 Å². The lowest BCUT2D eigenvalue weighted by Crippen LogP contribution is -2.04. The van der Waals surface area contributed by atoms with E-state index in [1.165, 1.54) is 12.3 Å². The third-order valence-corrected chi connectivity index (χ3v) is 3.33. The molecule has 1 unspecified atom stereocenters. The average Bonchev–Trinajstić information content (AvgIpc) is 2.76. The highest BCUT2D eigenvalue weighted by Gasteiger charge is 2.15. The standard InChI is InChI=1S/C15H14FN3O/c1-19-14-5-3-2-4-12(14)13(18-19)7-15(20)10-6-11(16)9-17-8-10/h2-6,8-9,15,20H,7H2,1H3. The number of aliphatic hydroxyl groups is 1. The Morgan fingerprint density at radius 3 is 2.90 bits per heavy atom.